The van der Waals surface area contributed by atoms with E-state index in [4.69, 9.17) is 11.6 Å². The molecule has 2 atom stereocenters. The molecule has 2 unspecified atom stereocenters. The first kappa shape index (κ1) is 30.9. The molecule has 1 amide bonds. The van der Waals surface area contributed by atoms with Gasteiger partial charge in [0.2, 0.25) is 10.0 Å². The van der Waals surface area contributed by atoms with Gasteiger partial charge in [0, 0.05) is 28.2 Å². The molecule has 0 radical (unpaired) electrons. The SMILES string of the molecule is CC(C)(C)NC(=O)c1ccccc1CC(O)C(CSc1ccc2ccccc2c1)NS(=O)(=O)c1cccc(O)c1Cl. The van der Waals surface area contributed by atoms with E-state index in [1.807, 2.05) is 63.2 Å². The molecule has 0 spiro atoms. The largest absolute Gasteiger partial charge is 0.506 e. The average molecular weight is 613 g/mol. The minimum absolute atomic E-state index is 0.0208. The molecular formula is C31H33ClN2O5S2. The van der Waals surface area contributed by atoms with Crippen molar-refractivity contribution in [2.45, 2.75) is 54.7 Å². The number of thioether (sulfide) groups is 1. The number of benzene rings is 4. The Balaban J connectivity index is 1.62. The number of aliphatic hydroxyl groups is 1. The van der Waals surface area contributed by atoms with Crippen LogP contribution in [0, 0.1) is 0 Å². The third-order valence-electron chi connectivity index (χ3n) is 6.33. The second-order valence-electron chi connectivity index (χ2n) is 10.8. The number of amides is 1. The molecule has 0 aliphatic heterocycles. The van der Waals surface area contributed by atoms with E-state index in [1.165, 1.54) is 30.0 Å². The summed E-state index contributed by atoms with van der Waals surface area (Å²) in [6, 6.07) is 23.8. The summed E-state index contributed by atoms with van der Waals surface area (Å²) in [7, 11) is -4.23. The first-order valence-electron chi connectivity index (χ1n) is 13.0. The molecule has 10 heteroatoms. The maximum atomic E-state index is 13.4. The number of hydrogen-bond acceptors (Lipinski definition) is 6. The standard InChI is InChI=1S/C31H33ClN2O5S2/c1-31(2,3)33-30(37)24-12-7-6-11-22(24)18-27(36)25(34-41(38,39)28-14-8-13-26(35)29(28)32)19-40-23-16-15-20-9-4-5-10-21(20)17-23/h4-17,25,27,34-36H,18-19H2,1-3H3,(H,33,37). The van der Waals surface area contributed by atoms with Gasteiger partial charge in [0.1, 0.15) is 15.7 Å². The van der Waals surface area contributed by atoms with Gasteiger partial charge in [-0.2, -0.15) is 0 Å². The normalized spacial score (nSPS) is 13.6. The first-order valence-corrected chi connectivity index (χ1v) is 15.9. The van der Waals surface area contributed by atoms with Crippen molar-refractivity contribution in [3.63, 3.8) is 0 Å². The summed E-state index contributed by atoms with van der Waals surface area (Å²) in [5.74, 6) is -0.462. The quantitative estimate of drug-likeness (QED) is 0.169. The number of hydrogen-bond donors (Lipinski definition) is 4. The number of carbonyl (C=O) groups is 1. The van der Waals surface area contributed by atoms with Gasteiger partial charge in [-0.3, -0.25) is 4.79 Å². The summed E-state index contributed by atoms with van der Waals surface area (Å²) in [6.45, 7) is 5.64. The number of halogens is 1. The summed E-state index contributed by atoms with van der Waals surface area (Å²) in [5, 5.41) is 26.2. The van der Waals surface area contributed by atoms with Gasteiger partial charge < -0.3 is 15.5 Å². The smallest absolute Gasteiger partial charge is 0.251 e. The second kappa shape index (κ2) is 12.8. The number of carbonyl (C=O) groups excluding carboxylic acids is 1. The van der Waals surface area contributed by atoms with E-state index in [1.54, 1.807) is 24.3 Å². The van der Waals surface area contributed by atoms with Crippen LogP contribution in [0.2, 0.25) is 5.02 Å². The van der Waals surface area contributed by atoms with Gasteiger partial charge in [0.25, 0.3) is 5.91 Å². The zero-order valence-electron chi connectivity index (χ0n) is 23.0. The molecule has 0 fully saturated rings. The first-order chi connectivity index (χ1) is 19.3. The number of phenols is 1. The fourth-order valence-electron chi connectivity index (χ4n) is 4.33. The fraction of sp³-hybridized carbons (Fsp3) is 0.258. The van der Waals surface area contributed by atoms with Gasteiger partial charge in [-0.25, -0.2) is 13.1 Å². The van der Waals surface area contributed by atoms with E-state index in [0.717, 1.165) is 15.7 Å². The van der Waals surface area contributed by atoms with E-state index in [0.29, 0.717) is 11.1 Å². The zero-order valence-corrected chi connectivity index (χ0v) is 25.4. The molecule has 4 aromatic carbocycles. The van der Waals surface area contributed by atoms with Crippen LogP contribution in [0.5, 0.6) is 5.75 Å². The Bertz CT molecular complexity index is 1650. The van der Waals surface area contributed by atoms with Crippen LogP contribution in [-0.2, 0) is 16.4 Å². The molecule has 4 N–H and O–H groups in total. The minimum atomic E-state index is -4.23. The van der Waals surface area contributed by atoms with Crippen LogP contribution in [0.1, 0.15) is 36.7 Å². The Kier molecular flexibility index (Phi) is 9.66. The summed E-state index contributed by atoms with van der Waals surface area (Å²) in [6.07, 6.45) is -1.18. The molecule has 41 heavy (non-hydrogen) atoms. The number of phenolic OH excluding ortho intramolecular Hbond substituents is 1. The van der Waals surface area contributed by atoms with E-state index >= 15 is 0 Å². The third kappa shape index (κ3) is 8.02. The summed E-state index contributed by atoms with van der Waals surface area (Å²) in [4.78, 5) is 13.6. The van der Waals surface area contributed by atoms with Crippen LogP contribution in [0.3, 0.4) is 0 Å². The van der Waals surface area contributed by atoms with Gasteiger partial charge in [0.15, 0.2) is 0 Å². The van der Waals surface area contributed by atoms with E-state index in [9.17, 15) is 23.4 Å². The lowest BCUT2D eigenvalue weighted by Crippen LogP contribution is -2.46. The number of aromatic hydroxyl groups is 1. The van der Waals surface area contributed by atoms with Crippen LogP contribution in [0.15, 0.2) is 94.7 Å². The van der Waals surface area contributed by atoms with Gasteiger partial charge in [-0.1, -0.05) is 66.2 Å². The molecular weight excluding hydrogens is 580 g/mol. The molecule has 7 nitrogen and oxygen atoms in total. The molecule has 0 saturated carbocycles. The summed E-state index contributed by atoms with van der Waals surface area (Å²) < 4.78 is 29.4. The molecule has 4 aromatic rings. The van der Waals surface area contributed by atoms with Gasteiger partial charge in [0.05, 0.1) is 12.1 Å². The number of sulfonamides is 1. The summed E-state index contributed by atoms with van der Waals surface area (Å²) >= 11 is 7.52. The topological polar surface area (TPSA) is 116 Å². The predicted octanol–water partition coefficient (Wildman–Crippen LogP) is 5.77. The monoisotopic (exact) mass is 612 g/mol. The van der Waals surface area contributed by atoms with E-state index < -0.39 is 27.7 Å². The maximum Gasteiger partial charge on any atom is 0.251 e. The molecule has 0 bridgehead atoms. The van der Waals surface area contributed by atoms with E-state index in [2.05, 4.69) is 10.0 Å². The number of nitrogens with one attached hydrogen (secondary N) is 2. The Morgan fingerprint density at radius 3 is 2.37 bits per heavy atom. The van der Waals surface area contributed by atoms with Gasteiger partial charge in [-0.15, -0.1) is 11.8 Å². The van der Waals surface area contributed by atoms with Crippen LogP contribution < -0.4 is 10.0 Å². The Labute approximate surface area is 250 Å². The molecule has 216 valence electrons. The minimum Gasteiger partial charge on any atom is -0.506 e. The lowest BCUT2D eigenvalue weighted by Gasteiger charge is -2.26. The van der Waals surface area contributed by atoms with Crippen LogP contribution >= 0.6 is 23.4 Å². The lowest BCUT2D eigenvalue weighted by molar-refractivity contribution is 0.0916. The second-order valence-corrected chi connectivity index (χ2v) is 13.9. The third-order valence-corrected chi connectivity index (χ3v) is 9.49. The Hall–Kier alpha value is -3.08. The molecule has 4 rings (SSSR count). The molecule has 0 heterocycles. The molecule has 0 aliphatic rings. The van der Waals surface area contributed by atoms with Gasteiger partial charge in [-0.05, 0) is 67.4 Å². The fourth-order valence-corrected chi connectivity index (χ4v) is 7.28. The van der Waals surface area contributed by atoms with Crippen LogP contribution in [-0.4, -0.2) is 48.0 Å². The zero-order chi connectivity index (χ0) is 29.8. The highest BCUT2D eigenvalue weighted by Gasteiger charge is 2.29. The van der Waals surface area contributed by atoms with E-state index in [-0.39, 0.29) is 33.7 Å². The van der Waals surface area contributed by atoms with Crippen molar-refractivity contribution < 1.29 is 23.4 Å². The Morgan fingerprint density at radius 1 is 0.951 bits per heavy atom. The van der Waals surface area contributed by atoms with Crippen molar-refractivity contribution in [1.29, 1.82) is 0 Å². The summed E-state index contributed by atoms with van der Waals surface area (Å²) in [5.41, 5.74) is 0.524. The average Bonchev–Trinajstić information content (AvgIpc) is 2.91. The highest BCUT2D eigenvalue weighted by atomic mass is 35.5. The maximum absolute atomic E-state index is 13.4. The van der Waals surface area contributed by atoms with Crippen molar-refractivity contribution in [3.05, 3.63) is 101 Å². The molecule has 0 saturated heterocycles. The Morgan fingerprint density at radius 2 is 1.63 bits per heavy atom. The van der Waals surface area contributed by atoms with Crippen LogP contribution in [0.25, 0.3) is 10.8 Å². The highest BCUT2D eigenvalue weighted by Crippen LogP contribution is 2.31. The predicted molar refractivity (Wildman–Crippen MR) is 165 cm³/mol. The number of aliphatic hydroxyl groups excluding tert-OH is 1. The number of fused-ring (bicyclic) bond motifs is 1. The molecule has 0 aromatic heterocycles. The highest BCUT2D eigenvalue weighted by molar-refractivity contribution is 7.99. The molecule has 0 aliphatic carbocycles. The van der Waals surface area contributed by atoms with Crippen molar-refractivity contribution in [2.75, 3.05) is 5.75 Å². The van der Waals surface area contributed by atoms with Crippen molar-refractivity contribution in [1.82, 2.24) is 10.0 Å². The van der Waals surface area contributed by atoms with Crippen LogP contribution in [0.4, 0.5) is 0 Å². The van der Waals surface area contributed by atoms with Gasteiger partial charge >= 0.3 is 0 Å². The number of rotatable bonds is 10. The van der Waals surface area contributed by atoms with Crippen molar-refractivity contribution in [3.8, 4) is 5.75 Å². The van der Waals surface area contributed by atoms with Crippen molar-refractivity contribution >= 4 is 50.1 Å². The lowest BCUT2D eigenvalue weighted by atomic mass is 9.97. The van der Waals surface area contributed by atoms with Crippen molar-refractivity contribution in [2.24, 2.45) is 0 Å².